The topological polar surface area (TPSA) is 30.5 Å². The van der Waals surface area contributed by atoms with E-state index in [4.69, 9.17) is 9.47 Å². The smallest absolute Gasteiger partial charge is 0.175 e. The van der Waals surface area contributed by atoms with Crippen molar-refractivity contribution in [3.8, 4) is 11.5 Å². The molecule has 0 atom stereocenters. The van der Waals surface area contributed by atoms with Gasteiger partial charge in [0.2, 0.25) is 0 Å². The maximum atomic E-state index is 5.61. The number of hydrogen-bond acceptors (Lipinski definition) is 3. The van der Waals surface area contributed by atoms with E-state index in [0.717, 1.165) is 35.0 Å². The predicted octanol–water partition coefficient (Wildman–Crippen LogP) is 2.51. The van der Waals surface area contributed by atoms with Crippen LogP contribution in [0.1, 0.15) is 18.4 Å². The van der Waals surface area contributed by atoms with Crippen molar-refractivity contribution < 1.29 is 9.47 Å². The summed E-state index contributed by atoms with van der Waals surface area (Å²) in [5.74, 6) is 1.71. The first kappa shape index (κ1) is 11.4. The zero-order valence-corrected chi connectivity index (χ0v) is 11.3. The van der Waals surface area contributed by atoms with Gasteiger partial charge in [0.05, 0.1) is 4.47 Å². The van der Waals surface area contributed by atoms with Crippen molar-refractivity contribution >= 4 is 15.9 Å². The number of hydrogen-bond donors (Lipinski definition) is 1. The Morgan fingerprint density at radius 3 is 2.88 bits per heavy atom. The maximum Gasteiger partial charge on any atom is 0.175 e. The van der Waals surface area contributed by atoms with Crippen LogP contribution in [0.4, 0.5) is 0 Å². The maximum absolute atomic E-state index is 5.61. The summed E-state index contributed by atoms with van der Waals surface area (Å²) in [5.41, 5.74) is 1.29. The molecule has 1 fully saturated rings. The summed E-state index contributed by atoms with van der Waals surface area (Å²) < 4.78 is 12.2. The Morgan fingerprint density at radius 1 is 1.24 bits per heavy atom. The van der Waals surface area contributed by atoms with E-state index in [1.54, 1.807) is 0 Å². The van der Waals surface area contributed by atoms with Crippen molar-refractivity contribution in [2.75, 3.05) is 19.8 Å². The van der Waals surface area contributed by atoms with Gasteiger partial charge in [-0.3, -0.25) is 0 Å². The predicted molar refractivity (Wildman–Crippen MR) is 69.9 cm³/mol. The normalized spacial score (nSPS) is 18.2. The van der Waals surface area contributed by atoms with Gasteiger partial charge in [-0.05, 0) is 59.4 Å². The summed E-state index contributed by atoms with van der Waals surface area (Å²) in [7, 11) is 0. The van der Waals surface area contributed by atoms with E-state index < -0.39 is 0 Å². The van der Waals surface area contributed by atoms with Crippen LogP contribution in [-0.4, -0.2) is 25.8 Å². The van der Waals surface area contributed by atoms with Crippen molar-refractivity contribution in [3.63, 3.8) is 0 Å². The second-order valence-corrected chi connectivity index (χ2v) is 5.43. The first-order chi connectivity index (χ1) is 8.33. The number of halogens is 1. The summed E-state index contributed by atoms with van der Waals surface area (Å²) in [4.78, 5) is 0. The third-order valence-corrected chi connectivity index (χ3v) is 3.67. The molecule has 17 heavy (non-hydrogen) atoms. The van der Waals surface area contributed by atoms with E-state index in [2.05, 4.69) is 33.4 Å². The van der Waals surface area contributed by atoms with E-state index in [1.165, 1.54) is 18.4 Å². The molecule has 1 aliphatic carbocycles. The minimum absolute atomic E-state index is 0.633. The fraction of sp³-hybridized carbons (Fsp3) is 0.538. The molecule has 1 aromatic carbocycles. The van der Waals surface area contributed by atoms with E-state index in [1.807, 2.05) is 0 Å². The van der Waals surface area contributed by atoms with Crippen LogP contribution < -0.4 is 14.8 Å². The summed E-state index contributed by atoms with van der Waals surface area (Å²) in [5, 5.41) is 3.52. The zero-order valence-electron chi connectivity index (χ0n) is 9.67. The lowest BCUT2D eigenvalue weighted by Crippen LogP contribution is -2.20. The average Bonchev–Trinajstić information content (AvgIpc) is 3.13. The van der Waals surface area contributed by atoms with Crippen LogP contribution in [0.15, 0.2) is 16.6 Å². The SMILES string of the molecule is Brc1cc(CCNC2CC2)cc2c1OCCO2. The van der Waals surface area contributed by atoms with E-state index in [-0.39, 0.29) is 0 Å². The number of nitrogens with one attached hydrogen (secondary N) is 1. The highest BCUT2D eigenvalue weighted by molar-refractivity contribution is 9.10. The van der Waals surface area contributed by atoms with E-state index in [9.17, 15) is 0 Å². The Kier molecular flexibility index (Phi) is 3.25. The lowest BCUT2D eigenvalue weighted by molar-refractivity contribution is 0.170. The van der Waals surface area contributed by atoms with Crippen LogP contribution in [-0.2, 0) is 6.42 Å². The van der Waals surface area contributed by atoms with E-state index in [0.29, 0.717) is 13.2 Å². The summed E-state index contributed by atoms with van der Waals surface area (Å²) >= 11 is 3.54. The highest BCUT2D eigenvalue weighted by Crippen LogP contribution is 2.38. The molecule has 4 heteroatoms. The molecular formula is C13H16BrNO2. The van der Waals surface area contributed by atoms with Crippen LogP contribution in [0.2, 0.25) is 0 Å². The third kappa shape index (κ3) is 2.75. The molecular weight excluding hydrogens is 282 g/mol. The molecule has 0 bridgehead atoms. The van der Waals surface area contributed by atoms with Gasteiger partial charge in [-0.2, -0.15) is 0 Å². The van der Waals surface area contributed by atoms with Crippen LogP contribution in [0.5, 0.6) is 11.5 Å². The van der Waals surface area contributed by atoms with Crippen molar-refractivity contribution in [3.05, 3.63) is 22.2 Å². The van der Waals surface area contributed by atoms with Crippen LogP contribution >= 0.6 is 15.9 Å². The van der Waals surface area contributed by atoms with E-state index >= 15 is 0 Å². The monoisotopic (exact) mass is 297 g/mol. The van der Waals surface area contributed by atoms with Gasteiger partial charge >= 0.3 is 0 Å². The second kappa shape index (κ2) is 4.86. The summed E-state index contributed by atoms with van der Waals surface area (Å²) in [6.07, 6.45) is 3.71. The highest BCUT2D eigenvalue weighted by Gasteiger charge is 2.20. The molecule has 0 spiro atoms. The number of ether oxygens (including phenoxy) is 2. The van der Waals surface area contributed by atoms with Gasteiger partial charge in [0.1, 0.15) is 13.2 Å². The second-order valence-electron chi connectivity index (χ2n) is 4.58. The lowest BCUT2D eigenvalue weighted by atomic mass is 10.1. The molecule has 1 aliphatic heterocycles. The Morgan fingerprint density at radius 2 is 2.06 bits per heavy atom. The van der Waals surface area contributed by atoms with Gasteiger partial charge in [-0.15, -0.1) is 0 Å². The quantitative estimate of drug-likeness (QED) is 0.926. The molecule has 1 heterocycles. The number of fused-ring (bicyclic) bond motifs is 1. The van der Waals surface area contributed by atoms with Crippen molar-refractivity contribution in [2.45, 2.75) is 25.3 Å². The fourth-order valence-electron chi connectivity index (χ4n) is 2.02. The molecule has 0 unspecified atom stereocenters. The minimum atomic E-state index is 0.633. The number of benzene rings is 1. The summed E-state index contributed by atoms with van der Waals surface area (Å²) in [6, 6.07) is 4.99. The first-order valence-corrected chi connectivity index (χ1v) is 6.93. The van der Waals surface area contributed by atoms with Crippen LogP contribution in [0, 0.1) is 0 Å². The van der Waals surface area contributed by atoms with Gasteiger partial charge in [-0.25, -0.2) is 0 Å². The van der Waals surface area contributed by atoms with Crippen molar-refractivity contribution in [2.24, 2.45) is 0 Å². The lowest BCUT2D eigenvalue weighted by Gasteiger charge is -2.20. The molecule has 0 saturated heterocycles. The van der Waals surface area contributed by atoms with Gasteiger partial charge in [0.15, 0.2) is 11.5 Å². The van der Waals surface area contributed by atoms with Gasteiger partial charge in [0.25, 0.3) is 0 Å². The molecule has 1 saturated carbocycles. The molecule has 1 aromatic rings. The van der Waals surface area contributed by atoms with Crippen molar-refractivity contribution in [1.82, 2.24) is 5.32 Å². The van der Waals surface area contributed by atoms with Crippen LogP contribution in [0.3, 0.4) is 0 Å². The molecule has 0 aromatic heterocycles. The minimum Gasteiger partial charge on any atom is -0.486 e. The Labute approximate surface area is 110 Å². The van der Waals surface area contributed by atoms with Gasteiger partial charge in [0, 0.05) is 6.04 Å². The first-order valence-electron chi connectivity index (χ1n) is 6.14. The molecule has 0 radical (unpaired) electrons. The van der Waals surface area contributed by atoms with Gasteiger partial charge in [-0.1, -0.05) is 0 Å². The third-order valence-electron chi connectivity index (χ3n) is 3.08. The van der Waals surface area contributed by atoms with Crippen molar-refractivity contribution in [1.29, 1.82) is 0 Å². The molecule has 1 N–H and O–H groups in total. The number of rotatable bonds is 4. The Bertz CT molecular complexity index is 418. The Hall–Kier alpha value is -0.740. The summed E-state index contributed by atoms with van der Waals surface area (Å²) in [6.45, 7) is 2.31. The zero-order chi connectivity index (χ0) is 11.7. The molecule has 3 nitrogen and oxygen atoms in total. The standard InChI is InChI=1S/C13H16BrNO2/c14-11-7-9(3-4-15-10-1-2-10)8-12-13(11)17-6-5-16-12/h7-8,10,15H,1-6H2. The fourth-order valence-corrected chi connectivity index (χ4v) is 2.62. The van der Waals surface area contributed by atoms with Gasteiger partial charge < -0.3 is 14.8 Å². The largest absolute Gasteiger partial charge is 0.486 e. The Balaban J connectivity index is 1.68. The molecule has 92 valence electrons. The van der Waals surface area contributed by atoms with Crippen LogP contribution in [0.25, 0.3) is 0 Å². The molecule has 2 aliphatic rings. The highest BCUT2D eigenvalue weighted by atomic mass is 79.9. The molecule has 0 amide bonds. The molecule has 3 rings (SSSR count). The average molecular weight is 298 g/mol.